The summed E-state index contributed by atoms with van der Waals surface area (Å²) in [5, 5.41) is 3.38. The Morgan fingerprint density at radius 1 is 1.29 bits per heavy atom. The van der Waals surface area contributed by atoms with Crippen molar-refractivity contribution in [2.75, 3.05) is 40.9 Å². The molecule has 6 heteroatoms. The summed E-state index contributed by atoms with van der Waals surface area (Å²) in [6.07, 6.45) is 1.55. The Bertz CT molecular complexity index is 540. The van der Waals surface area contributed by atoms with Crippen LogP contribution in [0.3, 0.4) is 0 Å². The van der Waals surface area contributed by atoms with Gasteiger partial charge in [-0.15, -0.1) is 0 Å². The number of methoxy groups -OCH3 is 2. The molecule has 1 saturated heterocycles. The van der Waals surface area contributed by atoms with E-state index in [1.54, 1.807) is 14.2 Å². The van der Waals surface area contributed by atoms with E-state index >= 15 is 0 Å². The van der Waals surface area contributed by atoms with Gasteiger partial charge in [0.05, 0.1) is 19.1 Å². The molecule has 0 radical (unpaired) electrons. The maximum absolute atomic E-state index is 11.6. The Labute approximate surface area is 143 Å². The van der Waals surface area contributed by atoms with Gasteiger partial charge in [-0.25, -0.2) is 0 Å². The summed E-state index contributed by atoms with van der Waals surface area (Å²) in [5.41, 5.74) is 1.13. The fourth-order valence-electron chi connectivity index (χ4n) is 3.01. The summed E-state index contributed by atoms with van der Waals surface area (Å²) >= 11 is 0. The minimum Gasteiger partial charge on any atom is -0.469 e. The first-order valence-electron chi connectivity index (χ1n) is 8.30. The van der Waals surface area contributed by atoms with Gasteiger partial charge in [0, 0.05) is 33.8 Å². The van der Waals surface area contributed by atoms with Crippen LogP contribution in [0, 0.1) is 5.92 Å². The lowest BCUT2D eigenvalue weighted by atomic mass is 9.97. The molecule has 2 rings (SSSR count). The van der Waals surface area contributed by atoms with Crippen molar-refractivity contribution in [3.63, 3.8) is 0 Å². The SMILES string of the molecule is CN=C(NCC(OC)c1ccccc1)N1CCC(C(=O)OC)CC1. The third-order valence-electron chi connectivity index (χ3n) is 4.44. The molecule has 1 aromatic carbocycles. The predicted molar refractivity (Wildman–Crippen MR) is 93.9 cm³/mol. The van der Waals surface area contributed by atoms with Crippen molar-refractivity contribution < 1.29 is 14.3 Å². The second-order valence-electron chi connectivity index (χ2n) is 5.85. The molecule has 1 N–H and O–H groups in total. The number of guanidine groups is 1. The summed E-state index contributed by atoms with van der Waals surface area (Å²) in [5.74, 6) is 0.734. The molecule has 24 heavy (non-hydrogen) atoms. The zero-order valence-electron chi connectivity index (χ0n) is 14.7. The molecule has 132 valence electrons. The number of hydrogen-bond acceptors (Lipinski definition) is 4. The first-order valence-corrected chi connectivity index (χ1v) is 8.30. The Kier molecular flexibility index (Phi) is 7.06. The number of nitrogens with one attached hydrogen (secondary N) is 1. The standard InChI is InChI=1S/C18H27N3O3/c1-19-18(21-11-9-15(10-12-21)17(22)24-3)20-13-16(23-2)14-7-5-4-6-8-14/h4-8,15-16H,9-13H2,1-3H3,(H,19,20). The lowest BCUT2D eigenvalue weighted by molar-refractivity contribution is -0.146. The molecule has 0 bridgehead atoms. The first-order chi connectivity index (χ1) is 11.7. The van der Waals surface area contributed by atoms with Gasteiger partial charge in [0.15, 0.2) is 5.96 Å². The number of hydrogen-bond donors (Lipinski definition) is 1. The van der Waals surface area contributed by atoms with Gasteiger partial charge >= 0.3 is 5.97 Å². The van der Waals surface area contributed by atoms with E-state index < -0.39 is 0 Å². The molecule has 0 amide bonds. The van der Waals surface area contributed by atoms with Crippen LogP contribution in [0.1, 0.15) is 24.5 Å². The zero-order valence-corrected chi connectivity index (χ0v) is 14.7. The van der Waals surface area contributed by atoms with Crippen LogP contribution in [0.4, 0.5) is 0 Å². The molecule has 0 aromatic heterocycles. The lowest BCUT2D eigenvalue weighted by Crippen LogP contribution is -2.47. The highest BCUT2D eigenvalue weighted by atomic mass is 16.5. The molecular formula is C18H27N3O3. The van der Waals surface area contributed by atoms with Crippen LogP contribution >= 0.6 is 0 Å². The number of rotatable bonds is 5. The van der Waals surface area contributed by atoms with Gasteiger partial charge in [-0.2, -0.15) is 0 Å². The summed E-state index contributed by atoms with van der Waals surface area (Å²) in [4.78, 5) is 18.2. The van der Waals surface area contributed by atoms with Crippen LogP contribution in [-0.4, -0.2) is 57.7 Å². The molecule has 1 fully saturated rings. The van der Waals surface area contributed by atoms with Gasteiger partial charge in [-0.1, -0.05) is 30.3 Å². The van der Waals surface area contributed by atoms with Crippen molar-refractivity contribution in [2.24, 2.45) is 10.9 Å². The van der Waals surface area contributed by atoms with Crippen LogP contribution < -0.4 is 5.32 Å². The number of esters is 1. The largest absolute Gasteiger partial charge is 0.469 e. The third-order valence-corrected chi connectivity index (χ3v) is 4.44. The third kappa shape index (κ3) is 4.71. The van der Waals surface area contributed by atoms with Crippen LogP contribution in [0.25, 0.3) is 0 Å². The molecule has 0 saturated carbocycles. The van der Waals surface area contributed by atoms with Crippen molar-refractivity contribution in [3.05, 3.63) is 35.9 Å². The topological polar surface area (TPSA) is 63.2 Å². The average molecular weight is 333 g/mol. The maximum Gasteiger partial charge on any atom is 0.308 e. The lowest BCUT2D eigenvalue weighted by Gasteiger charge is -2.33. The zero-order chi connectivity index (χ0) is 17.4. The van der Waals surface area contributed by atoms with Crippen molar-refractivity contribution in [2.45, 2.75) is 18.9 Å². The van der Waals surface area contributed by atoms with Gasteiger partial charge in [0.2, 0.25) is 0 Å². The molecule has 1 unspecified atom stereocenters. The Morgan fingerprint density at radius 2 is 1.96 bits per heavy atom. The van der Waals surface area contributed by atoms with E-state index in [0.717, 1.165) is 37.5 Å². The van der Waals surface area contributed by atoms with Gasteiger partial charge in [-0.3, -0.25) is 9.79 Å². The van der Waals surface area contributed by atoms with E-state index in [1.165, 1.54) is 7.11 Å². The quantitative estimate of drug-likeness (QED) is 0.506. The van der Waals surface area contributed by atoms with Crippen molar-refractivity contribution in [1.82, 2.24) is 10.2 Å². The number of nitrogens with zero attached hydrogens (tertiary/aromatic N) is 2. The number of likely N-dealkylation sites (tertiary alicyclic amines) is 1. The normalized spacial score (nSPS) is 17.5. The van der Waals surface area contributed by atoms with Crippen LogP contribution in [0.5, 0.6) is 0 Å². The van der Waals surface area contributed by atoms with Crippen molar-refractivity contribution in [1.29, 1.82) is 0 Å². The van der Waals surface area contributed by atoms with E-state index in [2.05, 4.69) is 27.3 Å². The van der Waals surface area contributed by atoms with Crippen molar-refractivity contribution in [3.8, 4) is 0 Å². The second kappa shape index (κ2) is 9.27. The van der Waals surface area contributed by atoms with E-state index in [1.807, 2.05) is 18.2 Å². The first kappa shape index (κ1) is 18.3. The number of aliphatic imine (C=N–C) groups is 1. The molecule has 1 aliphatic heterocycles. The fraction of sp³-hybridized carbons (Fsp3) is 0.556. The molecular weight excluding hydrogens is 306 g/mol. The number of benzene rings is 1. The Balaban J connectivity index is 1.88. The highest BCUT2D eigenvalue weighted by molar-refractivity contribution is 5.80. The van der Waals surface area contributed by atoms with Gasteiger partial charge < -0.3 is 19.7 Å². The molecule has 1 aromatic rings. The number of ether oxygens (including phenoxy) is 2. The fourth-order valence-corrected chi connectivity index (χ4v) is 3.01. The second-order valence-corrected chi connectivity index (χ2v) is 5.85. The monoisotopic (exact) mass is 333 g/mol. The number of carbonyl (C=O) groups excluding carboxylic acids is 1. The summed E-state index contributed by atoms with van der Waals surface area (Å²) < 4.78 is 10.4. The molecule has 1 atom stereocenters. The molecule has 1 aliphatic rings. The summed E-state index contributed by atoms with van der Waals surface area (Å²) in [6.45, 7) is 2.23. The Morgan fingerprint density at radius 3 is 2.50 bits per heavy atom. The van der Waals surface area contributed by atoms with Crippen LogP contribution in [0.15, 0.2) is 35.3 Å². The molecule has 0 aliphatic carbocycles. The van der Waals surface area contributed by atoms with E-state index in [0.29, 0.717) is 6.54 Å². The summed E-state index contributed by atoms with van der Waals surface area (Å²) in [6, 6.07) is 10.1. The molecule has 0 spiro atoms. The number of carbonyl (C=O) groups is 1. The average Bonchev–Trinajstić information content (AvgIpc) is 2.66. The maximum atomic E-state index is 11.6. The van der Waals surface area contributed by atoms with Gasteiger partial charge in [0.25, 0.3) is 0 Å². The Hall–Kier alpha value is -2.08. The van der Waals surface area contributed by atoms with E-state index in [4.69, 9.17) is 9.47 Å². The highest BCUT2D eigenvalue weighted by Crippen LogP contribution is 2.19. The molecule has 1 heterocycles. The molecule has 6 nitrogen and oxygen atoms in total. The highest BCUT2D eigenvalue weighted by Gasteiger charge is 2.27. The summed E-state index contributed by atoms with van der Waals surface area (Å²) in [7, 11) is 4.94. The van der Waals surface area contributed by atoms with E-state index in [9.17, 15) is 4.79 Å². The minimum absolute atomic E-state index is 0.000369. The van der Waals surface area contributed by atoms with Crippen LogP contribution in [0.2, 0.25) is 0 Å². The van der Waals surface area contributed by atoms with Gasteiger partial charge in [0.1, 0.15) is 0 Å². The minimum atomic E-state index is -0.110. The van der Waals surface area contributed by atoms with Gasteiger partial charge in [-0.05, 0) is 18.4 Å². The predicted octanol–water partition coefficient (Wildman–Crippen LogP) is 1.83. The smallest absolute Gasteiger partial charge is 0.308 e. The number of piperidine rings is 1. The van der Waals surface area contributed by atoms with E-state index in [-0.39, 0.29) is 18.0 Å². The van der Waals surface area contributed by atoms with Crippen LogP contribution in [-0.2, 0) is 14.3 Å². The van der Waals surface area contributed by atoms with Crippen molar-refractivity contribution >= 4 is 11.9 Å².